The van der Waals surface area contributed by atoms with Gasteiger partial charge in [-0.15, -0.1) is 0 Å². The standard InChI is InChI=1S/C26H22Br2N2O7/c1-3-35-20-12-16(21(27)22(28)23(20)36-14-15-7-5-4-6-8-15)11-18-24(31)30(26(33)29-18)13-17-9-10-19(37-17)25(32)34-2/h4-12H,3,13-14H2,1-2H3,(H,29,33)/b18-11-. The zero-order valence-electron chi connectivity index (χ0n) is 19.9. The van der Waals surface area contributed by atoms with Crippen LogP contribution in [0.25, 0.3) is 6.08 Å². The summed E-state index contributed by atoms with van der Waals surface area (Å²) in [5.41, 5.74) is 1.64. The highest BCUT2D eigenvalue weighted by Crippen LogP contribution is 2.44. The van der Waals surface area contributed by atoms with E-state index < -0.39 is 17.9 Å². The summed E-state index contributed by atoms with van der Waals surface area (Å²) in [6, 6.07) is 13.8. The number of urea groups is 1. The summed E-state index contributed by atoms with van der Waals surface area (Å²) in [6.07, 6.45) is 1.54. The van der Waals surface area contributed by atoms with Gasteiger partial charge in [-0.25, -0.2) is 9.59 Å². The van der Waals surface area contributed by atoms with Crippen molar-refractivity contribution < 1.29 is 33.0 Å². The van der Waals surface area contributed by atoms with Crippen LogP contribution in [-0.4, -0.2) is 36.5 Å². The lowest BCUT2D eigenvalue weighted by molar-refractivity contribution is -0.123. The maximum Gasteiger partial charge on any atom is 0.373 e. The number of hydrogen-bond donors (Lipinski definition) is 1. The van der Waals surface area contributed by atoms with Crippen molar-refractivity contribution in [2.24, 2.45) is 0 Å². The third-order valence-electron chi connectivity index (χ3n) is 5.31. The average molecular weight is 634 g/mol. The molecule has 37 heavy (non-hydrogen) atoms. The van der Waals surface area contributed by atoms with Crippen molar-refractivity contribution >= 4 is 55.8 Å². The van der Waals surface area contributed by atoms with E-state index in [1.807, 2.05) is 37.3 Å². The van der Waals surface area contributed by atoms with Crippen LogP contribution in [0.4, 0.5) is 4.79 Å². The summed E-state index contributed by atoms with van der Waals surface area (Å²) in [6.45, 7) is 2.43. The molecular weight excluding hydrogens is 612 g/mol. The lowest BCUT2D eigenvalue weighted by Gasteiger charge is -2.16. The van der Waals surface area contributed by atoms with Crippen molar-refractivity contribution in [1.29, 1.82) is 0 Å². The Balaban J connectivity index is 1.57. The highest BCUT2D eigenvalue weighted by Gasteiger charge is 2.35. The summed E-state index contributed by atoms with van der Waals surface area (Å²) in [5.74, 6) is 0.00851. The fraction of sp³-hybridized carbons (Fsp3) is 0.192. The van der Waals surface area contributed by atoms with E-state index in [0.29, 0.717) is 39.2 Å². The Morgan fingerprint density at radius 2 is 1.84 bits per heavy atom. The fourth-order valence-electron chi connectivity index (χ4n) is 3.54. The number of nitrogens with one attached hydrogen (secondary N) is 1. The third kappa shape index (κ3) is 5.89. The second kappa shape index (κ2) is 11.7. The normalized spacial score (nSPS) is 14.2. The predicted octanol–water partition coefficient (Wildman–Crippen LogP) is 5.66. The summed E-state index contributed by atoms with van der Waals surface area (Å²) >= 11 is 7.12. The SMILES string of the molecule is CCOc1cc(/C=C2\NC(=O)N(Cc3ccc(C(=O)OC)o3)C2=O)c(Br)c(Br)c1OCc1ccccc1. The highest BCUT2D eigenvalue weighted by atomic mass is 79.9. The number of carbonyl (C=O) groups excluding carboxylic acids is 3. The highest BCUT2D eigenvalue weighted by molar-refractivity contribution is 9.13. The first-order valence-corrected chi connectivity index (χ1v) is 12.7. The van der Waals surface area contributed by atoms with Crippen molar-refractivity contribution in [3.63, 3.8) is 0 Å². The molecule has 4 rings (SSSR count). The number of nitrogens with zero attached hydrogens (tertiary/aromatic N) is 1. The Bertz CT molecular complexity index is 1370. The Labute approximate surface area is 229 Å². The lowest BCUT2D eigenvalue weighted by atomic mass is 10.1. The molecule has 11 heteroatoms. The molecule has 0 aliphatic carbocycles. The molecule has 0 spiro atoms. The van der Waals surface area contributed by atoms with Crippen LogP contribution in [0, 0.1) is 0 Å². The van der Waals surface area contributed by atoms with Crippen LogP contribution in [0.2, 0.25) is 0 Å². The van der Waals surface area contributed by atoms with Gasteiger partial charge in [0.15, 0.2) is 11.5 Å². The summed E-state index contributed by atoms with van der Waals surface area (Å²) in [5, 5.41) is 2.58. The number of amides is 3. The number of halogens is 2. The maximum atomic E-state index is 13.0. The van der Waals surface area contributed by atoms with Crippen LogP contribution in [0.5, 0.6) is 11.5 Å². The molecule has 1 aliphatic heterocycles. The van der Waals surface area contributed by atoms with Gasteiger partial charge in [0.05, 0.1) is 24.7 Å². The minimum absolute atomic E-state index is 0.0212. The summed E-state index contributed by atoms with van der Waals surface area (Å²) < 4.78 is 23.1. The Morgan fingerprint density at radius 3 is 2.54 bits per heavy atom. The molecule has 0 saturated carbocycles. The first-order chi connectivity index (χ1) is 17.8. The molecule has 1 saturated heterocycles. The van der Waals surface area contributed by atoms with Crippen LogP contribution < -0.4 is 14.8 Å². The number of benzene rings is 2. The molecule has 1 aliphatic rings. The number of esters is 1. The quantitative estimate of drug-likeness (QED) is 0.184. The Morgan fingerprint density at radius 1 is 1.08 bits per heavy atom. The molecule has 2 aromatic carbocycles. The number of furan rings is 1. The second-order valence-electron chi connectivity index (χ2n) is 7.77. The van der Waals surface area contributed by atoms with Crippen LogP contribution in [0.15, 0.2) is 67.6 Å². The topological polar surface area (TPSA) is 107 Å². The van der Waals surface area contributed by atoms with Crippen LogP contribution in [0.3, 0.4) is 0 Å². The van der Waals surface area contributed by atoms with Crippen molar-refractivity contribution in [1.82, 2.24) is 10.2 Å². The van der Waals surface area contributed by atoms with E-state index in [1.165, 1.54) is 19.2 Å². The van der Waals surface area contributed by atoms with Crippen molar-refractivity contribution in [2.45, 2.75) is 20.1 Å². The second-order valence-corrected chi connectivity index (χ2v) is 9.35. The minimum Gasteiger partial charge on any atom is -0.490 e. The van der Waals surface area contributed by atoms with Gasteiger partial charge >= 0.3 is 12.0 Å². The number of imide groups is 1. The first kappa shape index (κ1) is 26.5. The van der Waals surface area contributed by atoms with E-state index in [9.17, 15) is 14.4 Å². The van der Waals surface area contributed by atoms with Crippen LogP contribution >= 0.6 is 31.9 Å². The number of ether oxygens (including phenoxy) is 3. The van der Waals surface area contributed by atoms with E-state index in [4.69, 9.17) is 13.9 Å². The zero-order valence-corrected chi connectivity index (χ0v) is 23.1. The van der Waals surface area contributed by atoms with Gasteiger partial charge in [-0.3, -0.25) is 9.69 Å². The molecule has 1 N–H and O–H groups in total. The molecule has 3 aromatic rings. The molecule has 0 bridgehead atoms. The van der Waals surface area contributed by atoms with Gasteiger partial charge in [0.25, 0.3) is 5.91 Å². The number of hydrogen-bond acceptors (Lipinski definition) is 7. The number of carbonyl (C=O) groups is 3. The molecule has 1 fully saturated rings. The van der Waals surface area contributed by atoms with Gasteiger partial charge in [-0.05, 0) is 74.2 Å². The predicted molar refractivity (Wildman–Crippen MR) is 141 cm³/mol. The molecule has 0 radical (unpaired) electrons. The maximum absolute atomic E-state index is 13.0. The van der Waals surface area contributed by atoms with Crippen LogP contribution in [-0.2, 0) is 22.7 Å². The lowest BCUT2D eigenvalue weighted by Crippen LogP contribution is -2.30. The molecular formula is C26H22Br2N2O7. The van der Waals surface area contributed by atoms with E-state index in [1.54, 1.807) is 12.1 Å². The third-order valence-corrected chi connectivity index (χ3v) is 7.45. The minimum atomic E-state index is -0.652. The molecule has 1 aromatic heterocycles. The molecule has 2 heterocycles. The van der Waals surface area contributed by atoms with Crippen molar-refractivity contribution in [3.05, 3.63) is 85.8 Å². The number of rotatable bonds is 9. The molecule has 3 amide bonds. The Hall–Kier alpha value is -3.57. The first-order valence-electron chi connectivity index (χ1n) is 11.2. The largest absolute Gasteiger partial charge is 0.490 e. The van der Waals surface area contributed by atoms with Gasteiger partial charge in [0, 0.05) is 4.47 Å². The van der Waals surface area contributed by atoms with Gasteiger partial charge in [-0.2, -0.15) is 0 Å². The zero-order chi connectivity index (χ0) is 26.5. The van der Waals surface area contributed by atoms with E-state index in [2.05, 4.69) is 41.9 Å². The van der Waals surface area contributed by atoms with E-state index >= 15 is 0 Å². The molecule has 9 nitrogen and oxygen atoms in total. The molecule has 0 atom stereocenters. The van der Waals surface area contributed by atoms with Crippen molar-refractivity contribution in [2.75, 3.05) is 13.7 Å². The van der Waals surface area contributed by atoms with Gasteiger partial charge in [0.1, 0.15) is 18.1 Å². The van der Waals surface area contributed by atoms with Gasteiger partial charge < -0.3 is 23.9 Å². The smallest absolute Gasteiger partial charge is 0.373 e. The fourth-order valence-corrected chi connectivity index (χ4v) is 4.48. The number of methoxy groups -OCH3 is 1. The molecule has 0 unspecified atom stereocenters. The van der Waals surface area contributed by atoms with Gasteiger partial charge in [0.2, 0.25) is 5.76 Å². The summed E-state index contributed by atoms with van der Waals surface area (Å²) in [7, 11) is 1.23. The molecule has 192 valence electrons. The summed E-state index contributed by atoms with van der Waals surface area (Å²) in [4.78, 5) is 38.1. The Kier molecular flexibility index (Phi) is 8.34. The van der Waals surface area contributed by atoms with Gasteiger partial charge in [-0.1, -0.05) is 30.3 Å². The average Bonchev–Trinajstić information content (AvgIpc) is 3.47. The van der Waals surface area contributed by atoms with Crippen molar-refractivity contribution in [3.8, 4) is 11.5 Å². The monoisotopic (exact) mass is 632 g/mol. The van der Waals surface area contributed by atoms with E-state index in [-0.39, 0.29) is 23.8 Å². The van der Waals surface area contributed by atoms with Crippen LogP contribution in [0.1, 0.15) is 34.4 Å². The van der Waals surface area contributed by atoms with E-state index in [0.717, 1.165) is 10.5 Å².